The normalized spacial score (nSPS) is 20.6. The molecular formula is C17H26ClNO. The van der Waals surface area contributed by atoms with E-state index in [1.54, 1.807) is 0 Å². The molecule has 0 saturated carbocycles. The molecule has 1 aliphatic rings. The van der Waals surface area contributed by atoms with Crippen LogP contribution in [0.2, 0.25) is 5.02 Å². The Balaban J connectivity index is 1.83. The van der Waals surface area contributed by atoms with Crippen LogP contribution in [-0.2, 0) is 0 Å². The number of rotatable bonds is 6. The predicted molar refractivity (Wildman–Crippen MR) is 85.9 cm³/mol. The first-order valence-electron chi connectivity index (χ1n) is 7.86. The number of piperidine rings is 1. The number of benzene rings is 1. The van der Waals surface area contributed by atoms with Crippen LogP contribution in [-0.4, -0.2) is 19.2 Å². The van der Waals surface area contributed by atoms with E-state index < -0.39 is 0 Å². The molecule has 2 unspecified atom stereocenters. The van der Waals surface area contributed by atoms with E-state index >= 15 is 0 Å². The Morgan fingerprint density at radius 2 is 2.25 bits per heavy atom. The molecular weight excluding hydrogens is 270 g/mol. The quantitative estimate of drug-likeness (QED) is 0.816. The van der Waals surface area contributed by atoms with Gasteiger partial charge in [-0.25, -0.2) is 0 Å². The van der Waals surface area contributed by atoms with E-state index in [1.165, 1.54) is 24.8 Å². The average Bonchev–Trinajstić information content (AvgIpc) is 2.49. The molecule has 20 heavy (non-hydrogen) atoms. The van der Waals surface area contributed by atoms with Gasteiger partial charge in [0, 0.05) is 6.04 Å². The maximum atomic E-state index is 6.31. The molecule has 2 atom stereocenters. The van der Waals surface area contributed by atoms with Crippen molar-refractivity contribution in [3.63, 3.8) is 0 Å². The first kappa shape index (κ1) is 15.7. The summed E-state index contributed by atoms with van der Waals surface area (Å²) < 4.78 is 5.84. The van der Waals surface area contributed by atoms with Crippen molar-refractivity contribution >= 4 is 11.6 Å². The topological polar surface area (TPSA) is 21.3 Å². The summed E-state index contributed by atoms with van der Waals surface area (Å²) in [6, 6.07) is 6.80. The molecule has 3 heteroatoms. The highest BCUT2D eigenvalue weighted by atomic mass is 35.5. The summed E-state index contributed by atoms with van der Waals surface area (Å²) in [6.45, 7) is 6.30. The minimum atomic E-state index is 0.549. The number of nitrogens with one attached hydrogen (secondary N) is 1. The summed E-state index contributed by atoms with van der Waals surface area (Å²) in [6.07, 6.45) is 6.10. The zero-order valence-corrected chi connectivity index (χ0v) is 13.4. The van der Waals surface area contributed by atoms with E-state index in [-0.39, 0.29) is 0 Å². The summed E-state index contributed by atoms with van der Waals surface area (Å²) in [5, 5.41) is 4.27. The minimum absolute atomic E-state index is 0.549. The molecule has 2 rings (SSSR count). The second-order valence-corrected chi connectivity index (χ2v) is 6.19. The van der Waals surface area contributed by atoms with Crippen molar-refractivity contribution in [2.45, 2.75) is 57.9 Å². The summed E-state index contributed by atoms with van der Waals surface area (Å²) in [7, 11) is 0. The van der Waals surface area contributed by atoms with Gasteiger partial charge in [-0.05, 0) is 55.8 Å². The van der Waals surface area contributed by atoms with Gasteiger partial charge in [0.15, 0.2) is 0 Å². The van der Waals surface area contributed by atoms with Crippen molar-refractivity contribution in [3.05, 3.63) is 28.8 Å². The molecule has 112 valence electrons. The molecule has 1 aliphatic heterocycles. The number of hydrogen-bond donors (Lipinski definition) is 1. The van der Waals surface area contributed by atoms with Gasteiger partial charge in [0.05, 0.1) is 11.6 Å². The van der Waals surface area contributed by atoms with Crippen LogP contribution in [0.4, 0.5) is 0 Å². The van der Waals surface area contributed by atoms with Gasteiger partial charge in [-0.1, -0.05) is 37.9 Å². The van der Waals surface area contributed by atoms with Gasteiger partial charge in [-0.15, -0.1) is 0 Å². The third kappa shape index (κ3) is 4.39. The van der Waals surface area contributed by atoms with E-state index in [2.05, 4.69) is 25.2 Å². The molecule has 1 aromatic rings. The first-order valence-corrected chi connectivity index (χ1v) is 8.24. The van der Waals surface area contributed by atoms with E-state index in [0.717, 1.165) is 36.8 Å². The zero-order chi connectivity index (χ0) is 14.4. The van der Waals surface area contributed by atoms with Crippen LogP contribution in [0.1, 0.15) is 57.4 Å². The smallest absolute Gasteiger partial charge is 0.137 e. The zero-order valence-electron chi connectivity index (χ0n) is 12.6. The molecule has 0 aliphatic carbocycles. The van der Waals surface area contributed by atoms with Gasteiger partial charge in [0.2, 0.25) is 0 Å². The molecule has 0 radical (unpaired) electrons. The van der Waals surface area contributed by atoms with E-state index in [4.69, 9.17) is 16.3 Å². The Hall–Kier alpha value is -0.730. The Morgan fingerprint density at radius 3 is 2.90 bits per heavy atom. The fourth-order valence-electron chi connectivity index (χ4n) is 2.66. The fraction of sp³-hybridized carbons (Fsp3) is 0.647. The monoisotopic (exact) mass is 295 g/mol. The van der Waals surface area contributed by atoms with Gasteiger partial charge in [-0.2, -0.15) is 0 Å². The van der Waals surface area contributed by atoms with Gasteiger partial charge in [0.1, 0.15) is 5.75 Å². The summed E-state index contributed by atoms with van der Waals surface area (Å²) in [4.78, 5) is 0. The van der Waals surface area contributed by atoms with Crippen molar-refractivity contribution < 1.29 is 4.74 Å². The third-order valence-electron chi connectivity index (χ3n) is 4.27. The number of ether oxygens (including phenoxy) is 1. The van der Waals surface area contributed by atoms with Crippen LogP contribution >= 0.6 is 11.6 Å². The van der Waals surface area contributed by atoms with Crippen molar-refractivity contribution in [2.75, 3.05) is 13.2 Å². The molecule has 0 spiro atoms. The highest BCUT2D eigenvalue weighted by Gasteiger charge is 2.13. The van der Waals surface area contributed by atoms with E-state index in [9.17, 15) is 0 Å². The van der Waals surface area contributed by atoms with Crippen LogP contribution in [0.25, 0.3) is 0 Å². The maximum absolute atomic E-state index is 6.31. The minimum Gasteiger partial charge on any atom is -0.492 e. The largest absolute Gasteiger partial charge is 0.492 e. The lowest BCUT2D eigenvalue weighted by atomic mass is 9.99. The standard InChI is InChI=1S/C17H26ClNO/c1-3-13(2)14-7-8-17(16(18)12-14)20-11-9-15-6-4-5-10-19-15/h7-8,12-13,15,19H,3-6,9-11H2,1-2H3. The molecule has 0 aromatic heterocycles. The van der Waals surface area contributed by atoms with Gasteiger partial charge < -0.3 is 10.1 Å². The van der Waals surface area contributed by atoms with Gasteiger partial charge >= 0.3 is 0 Å². The molecule has 0 amide bonds. The summed E-state index contributed by atoms with van der Waals surface area (Å²) in [5.41, 5.74) is 1.29. The van der Waals surface area contributed by atoms with E-state index in [0.29, 0.717) is 12.0 Å². The average molecular weight is 296 g/mol. The highest BCUT2D eigenvalue weighted by molar-refractivity contribution is 6.32. The predicted octanol–water partition coefficient (Wildman–Crippen LogP) is 4.76. The van der Waals surface area contributed by atoms with Crippen LogP contribution in [0, 0.1) is 0 Å². The highest BCUT2D eigenvalue weighted by Crippen LogP contribution is 2.29. The lowest BCUT2D eigenvalue weighted by molar-refractivity contribution is 0.268. The summed E-state index contributed by atoms with van der Waals surface area (Å²) in [5.74, 6) is 1.36. The Morgan fingerprint density at radius 1 is 1.40 bits per heavy atom. The first-order chi connectivity index (χ1) is 9.70. The molecule has 0 bridgehead atoms. The van der Waals surface area contributed by atoms with E-state index in [1.807, 2.05) is 12.1 Å². The van der Waals surface area contributed by atoms with Crippen molar-refractivity contribution in [2.24, 2.45) is 0 Å². The molecule has 1 saturated heterocycles. The van der Waals surface area contributed by atoms with Gasteiger partial charge in [0.25, 0.3) is 0 Å². The molecule has 1 fully saturated rings. The SMILES string of the molecule is CCC(C)c1ccc(OCCC2CCCCN2)c(Cl)c1. The van der Waals surface area contributed by atoms with Crippen LogP contribution < -0.4 is 10.1 Å². The second-order valence-electron chi connectivity index (χ2n) is 5.78. The van der Waals surface area contributed by atoms with Crippen molar-refractivity contribution in [1.82, 2.24) is 5.32 Å². The third-order valence-corrected chi connectivity index (χ3v) is 4.57. The van der Waals surface area contributed by atoms with Crippen LogP contribution in [0.3, 0.4) is 0 Å². The van der Waals surface area contributed by atoms with Crippen molar-refractivity contribution in [3.8, 4) is 5.75 Å². The second kappa shape index (κ2) is 7.90. The Bertz CT molecular complexity index is 415. The van der Waals surface area contributed by atoms with Crippen LogP contribution in [0.5, 0.6) is 5.75 Å². The molecule has 1 heterocycles. The number of halogens is 1. The Kier molecular flexibility index (Phi) is 6.18. The number of hydrogen-bond acceptors (Lipinski definition) is 2. The van der Waals surface area contributed by atoms with Crippen molar-refractivity contribution in [1.29, 1.82) is 0 Å². The maximum Gasteiger partial charge on any atom is 0.137 e. The molecule has 1 aromatic carbocycles. The molecule has 1 N–H and O–H groups in total. The van der Waals surface area contributed by atoms with Crippen LogP contribution in [0.15, 0.2) is 18.2 Å². The Labute approximate surface area is 127 Å². The fourth-order valence-corrected chi connectivity index (χ4v) is 2.90. The lowest BCUT2D eigenvalue weighted by Crippen LogP contribution is -2.35. The molecule has 2 nitrogen and oxygen atoms in total. The van der Waals surface area contributed by atoms with Gasteiger partial charge in [-0.3, -0.25) is 0 Å². The lowest BCUT2D eigenvalue weighted by Gasteiger charge is -2.23. The summed E-state index contributed by atoms with van der Waals surface area (Å²) >= 11 is 6.31.